The number of carbonyl (C=O) groups excluding carboxylic acids is 2. The topological polar surface area (TPSA) is 117 Å². The van der Waals surface area contributed by atoms with E-state index < -0.39 is 12.2 Å². The molecule has 2 unspecified atom stereocenters. The van der Waals surface area contributed by atoms with E-state index in [-0.39, 0.29) is 30.3 Å². The first kappa shape index (κ1) is 31.2. The molecule has 1 saturated heterocycles. The van der Waals surface area contributed by atoms with Gasteiger partial charge in [0.2, 0.25) is 5.91 Å². The first-order chi connectivity index (χ1) is 18.9. The zero-order valence-corrected chi connectivity index (χ0v) is 23.7. The SMILES string of the molecule is CC(=O)OC(CCc1cc(CN2CCCC2=O)c(O)c(OC2CCCC2)c1)CC(O)CCCCCCCCO. The third-order valence-electron chi connectivity index (χ3n) is 7.91. The number of rotatable bonds is 18. The summed E-state index contributed by atoms with van der Waals surface area (Å²) in [4.78, 5) is 25.8. The van der Waals surface area contributed by atoms with E-state index >= 15 is 0 Å². The Hall–Kier alpha value is -2.32. The van der Waals surface area contributed by atoms with E-state index in [0.29, 0.717) is 56.5 Å². The predicted molar refractivity (Wildman–Crippen MR) is 150 cm³/mol. The van der Waals surface area contributed by atoms with Crippen LogP contribution in [0.15, 0.2) is 12.1 Å². The van der Waals surface area contributed by atoms with Gasteiger partial charge >= 0.3 is 5.97 Å². The van der Waals surface area contributed by atoms with Gasteiger partial charge in [-0.05, 0) is 69.4 Å². The summed E-state index contributed by atoms with van der Waals surface area (Å²) in [5.74, 6) is 0.310. The number of aromatic hydroxyl groups is 1. The van der Waals surface area contributed by atoms with Gasteiger partial charge in [0.1, 0.15) is 6.10 Å². The lowest BCUT2D eigenvalue weighted by atomic mass is 9.98. The van der Waals surface area contributed by atoms with Gasteiger partial charge in [0.25, 0.3) is 0 Å². The smallest absolute Gasteiger partial charge is 0.302 e. The zero-order chi connectivity index (χ0) is 28.0. The first-order valence-electron chi connectivity index (χ1n) is 15.1. The number of carbonyl (C=O) groups is 2. The number of aliphatic hydroxyl groups is 2. The van der Waals surface area contributed by atoms with Crippen LogP contribution in [0.1, 0.15) is 114 Å². The van der Waals surface area contributed by atoms with E-state index in [9.17, 15) is 19.8 Å². The van der Waals surface area contributed by atoms with Gasteiger partial charge in [-0.2, -0.15) is 0 Å². The molecule has 1 aromatic carbocycles. The van der Waals surface area contributed by atoms with E-state index in [2.05, 4.69) is 0 Å². The molecule has 2 fully saturated rings. The summed E-state index contributed by atoms with van der Waals surface area (Å²) in [6.07, 6.45) is 13.0. The fourth-order valence-corrected chi connectivity index (χ4v) is 5.75. The molecule has 0 radical (unpaired) electrons. The summed E-state index contributed by atoms with van der Waals surface area (Å²) in [7, 11) is 0. The highest BCUT2D eigenvalue weighted by Crippen LogP contribution is 2.36. The summed E-state index contributed by atoms with van der Waals surface area (Å²) >= 11 is 0. The Balaban J connectivity index is 1.61. The molecule has 220 valence electrons. The predicted octanol–water partition coefficient (Wildman–Crippen LogP) is 5.17. The van der Waals surface area contributed by atoms with Crippen LogP contribution in [0.25, 0.3) is 0 Å². The number of hydrogen-bond donors (Lipinski definition) is 3. The molecule has 0 bridgehead atoms. The lowest BCUT2D eigenvalue weighted by molar-refractivity contribution is -0.148. The average Bonchev–Trinajstić information content (AvgIpc) is 3.56. The minimum absolute atomic E-state index is 0.0889. The van der Waals surface area contributed by atoms with E-state index in [1.807, 2.05) is 12.1 Å². The summed E-state index contributed by atoms with van der Waals surface area (Å²) in [6.45, 7) is 2.68. The van der Waals surface area contributed by atoms with Crippen molar-refractivity contribution in [3.8, 4) is 11.5 Å². The van der Waals surface area contributed by atoms with Gasteiger partial charge in [0.15, 0.2) is 11.5 Å². The van der Waals surface area contributed by atoms with Gasteiger partial charge in [0.05, 0.1) is 12.2 Å². The number of benzene rings is 1. The Morgan fingerprint density at radius 2 is 1.77 bits per heavy atom. The molecular weight excluding hydrogens is 498 g/mol. The number of aliphatic hydroxyl groups excluding tert-OH is 2. The number of phenols is 1. The normalized spacial score (nSPS) is 17.5. The lowest BCUT2D eigenvalue weighted by Gasteiger charge is -2.22. The van der Waals surface area contributed by atoms with Crippen molar-refractivity contribution in [2.45, 2.75) is 135 Å². The Labute approximate surface area is 233 Å². The highest BCUT2D eigenvalue weighted by Gasteiger charge is 2.25. The van der Waals surface area contributed by atoms with Gasteiger partial charge in [-0.3, -0.25) is 9.59 Å². The molecule has 8 heteroatoms. The highest BCUT2D eigenvalue weighted by molar-refractivity contribution is 5.78. The van der Waals surface area contributed by atoms with Crippen molar-refractivity contribution in [3.63, 3.8) is 0 Å². The number of hydrogen-bond acceptors (Lipinski definition) is 7. The zero-order valence-electron chi connectivity index (χ0n) is 23.7. The molecule has 0 spiro atoms. The molecule has 1 aliphatic heterocycles. The van der Waals surface area contributed by atoms with Crippen LogP contribution in [0, 0.1) is 0 Å². The Kier molecular flexibility index (Phi) is 13.4. The van der Waals surface area contributed by atoms with E-state index in [4.69, 9.17) is 14.6 Å². The molecule has 2 aliphatic rings. The van der Waals surface area contributed by atoms with Gasteiger partial charge < -0.3 is 29.7 Å². The Bertz CT molecular complexity index is 899. The fourth-order valence-electron chi connectivity index (χ4n) is 5.75. The molecule has 1 amide bonds. The van der Waals surface area contributed by atoms with E-state index in [1.165, 1.54) is 6.92 Å². The molecule has 8 nitrogen and oxygen atoms in total. The quantitative estimate of drug-likeness (QED) is 0.171. The average molecular weight is 548 g/mol. The maximum atomic E-state index is 12.2. The van der Waals surface area contributed by atoms with E-state index in [0.717, 1.165) is 76.2 Å². The molecule has 1 aliphatic carbocycles. The number of esters is 1. The number of phenolic OH excluding ortho intramolecular Hbond substituents is 1. The fraction of sp³-hybridized carbons (Fsp3) is 0.742. The van der Waals surface area contributed by atoms with Gasteiger partial charge in [0, 0.05) is 45.0 Å². The van der Waals surface area contributed by atoms with Crippen LogP contribution < -0.4 is 4.74 Å². The number of nitrogens with zero attached hydrogens (tertiary/aromatic N) is 1. The number of likely N-dealkylation sites (tertiary alicyclic amines) is 1. The Morgan fingerprint density at radius 1 is 1.05 bits per heavy atom. The molecule has 39 heavy (non-hydrogen) atoms. The number of aryl methyl sites for hydroxylation is 1. The van der Waals surface area contributed by atoms with E-state index in [1.54, 1.807) is 4.90 Å². The van der Waals surface area contributed by atoms with Crippen molar-refractivity contribution in [1.29, 1.82) is 0 Å². The number of ether oxygens (including phenoxy) is 2. The summed E-state index contributed by atoms with van der Waals surface area (Å²) in [5.41, 5.74) is 1.63. The number of amides is 1. The van der Waals surface area contributed by atoms with Gasteiger partial charge in [-0.25, -0.2) is 0 Å². The van der Waals surface area contributed by atoms with Crippen molar-refractivity contribution >= 4 is 11.9 Å². The van der Waals surface area contributed by atoms with Crippen LogP contribution in [0.3, 0.4) is 0 Å². The van der Waals surface area contributed by atoms with Crippen LogP contribution in [0.5, 0.6) is 11.5 Å². The molecule has 3 rings (SSSR count). The molecular formula is C31H49NO7. The molecule has 1 aromatic rings. The van der Waals surface area contributed by atoms with Gasteiger partial charge in [-0.15, -0.1) is 0 Å². The largest absolute Gasteiger partial charge is 0.504 e. The van der Waals surface area contributed by atoms with Crippen LogP contribution >= 0.6 is 0 Å². The lowest BCUT2D eigenvalue weighted by Crippen LogP contribution is -2.24. The third-order valence-corrected chi connectivity index (χ3v) is 7.91. The molecule has 1 saturated carbocycles. The minimum atomic E-state index is -0.537. The third kappa shape index (κ3) is 11.0. The summed E-state index contributed by atoms with van der Waals surface area (Å²) < 4.78 is 11.8. The van der Waals surface area contributed by atoms with Crippen molar-refractivity contribution in [3.05, 3.63) is 23.3 Å². The van der Waals surface area contributed by atoms with Crippen molar-refractivity contribution in [1.82, 2.24) is 4.90 Å². The molecule has 3 N–H and O–H groups in total. The number of unbranched alkanes of at least 4 members (excludes halogenated alkanes) is 5. The second-order valence-electron chi connectivity index (χ2n) is 11.3. The van der Waals surface area contributed by atoms with Crippen LogP contribution in [0.4, 0.5) is 0 Å². The van der Waals surface area contributed by atoms with Crippen molar-refractivity contribution < 1.29 is 34.4 Å². The molecule has 1 heterocycles. The maximum absolute atomic E-state index is 12.2. The maximum Gasteiger partial charge on any atom is 0.302 e. The summed E-state index contributed by atoms with van der Waals surface area (Å²) in [5, 5.41) is 30.5. The van der Waals surface area contributed by atoms with Crippen LogP contribution in [-0.2, 0) is 27.3 Å². The second kappa shape index (κ2) is 16.7. The standard InChI is InChI=1S/C31H49NO7/c1-23(34)38-28(21-26(35)11-6-4-2-3-5-9-18-33)16-15-24-19-25(22-32-17-10-14-30(32)36)31(37)29(20-24)39-27-12-7-8-13-27/h19-20,26-28,33,35,37H,2-18,21-22H2,1H3. The first-order valence-corrected chi connectivity index (χ1v) is 15.1. The van der Waals surface area contributed by atoms with Crippen LogP contribution in [-0.4, -0.2) is 63.6 Å². The monoisotopic (exact) mass is 547 g/mol. The second-order valence-corrected chi connectivity index (χ2v) is 11.3. The summed E-state index contributed by atoms with van der Waals surface area (Å²) in [6, 6.07) is 3.81. The van der Waals surface area contributed by atoms with Crippen molar-refractivity contribution in [2.75, 3.05) is 13.2 Å². The minimum Gasteiger partial charge on any atom is -0.504 e. The Morgan fingerprint density at radius 3 is 2.44 bits per heavy atom. The van der Waals surface area contributed by atoms with Crippen molar-refractivity contribution in [2.24, 2.45) is 0 Å². The molecule has 2 atom stereocenters. The highest BCUT2D eigenvalue weighted by atomic mass is 16.5. The molecule has 0 aromatic heterocycles. The van der Waals surface area contributed by atoms with Crippen LogP contribution in [0.2, 0.25) is 0 Å². The van der Waals surface area contributed by atoms with Gasteiger partial charge in [-0.1, -0.05) is 38.2 Å².